The molecule has 0 atom stereocenters. The van der Waals surface area contributed by atoms with E-state index in [2.05, 4.69) is 23.5 Å². The highest BCUT2D eigenvalue weighted by Gasteiger charge is 2.18. The van der Waals surface area contributed by atoms with Gasteiger partial charge in [0.1, 0.15) is 0 Å². The maximum atomic E-state index is 10.2. The first-order valence-corrected chi connectivity index (χ1v) is 4.40. The smallest absolute Gasteiger partial charge is 0.450 e. The zero-order valence-electron chi connectivity index (χ0n) is 8.39. The third-order valence-corrected chi connectivity index (χ3v) is 1.39. The highest BCUT2D eigenvalue weighted by molar-refractivity contribution is 5.58. The van der Waals surface area contributed by atoms with Gasteiger partial charge in [0.05, 0.1) is 0 Å². The molecule has 0 aromatic heterocycles. The highest BCUT2D eigenvalue weighted by atomic mass is 16.7. The molecule has 0 aliphatic carbocycles. The van der Waals surface area contributed by atoms with Crippen molar-refractivity contribution < 1.29 is 14.6 Å². The Morgan fingerprint density at radius 3 is 2.62 bits per heavy atom. The summed E-state index contributed by atoms with van der Waals surface area (Å²) in [4.78, 5) is 10.2. The molecule has 0 radical (unpaired) electrons. The molecule has 13 heavy (non-hydrogen) atoms. The lowest BCUT2D eigenvalue weighted by atomic mass is 10.1. The van der Waals surface area contributed by atoms with Crippen LogP contribution in [0.5, 0.6) is 0 Å². The van der Waals surface area contributed by atoms with Crippen LogP contribution in [0.1, 0.15) is 40.0 Å². The molecule has 0 unspecified atom stereocenters. The van der Waals surface area contributed by atoms with Crippen LogP contribution in [-0.2, 0) is 4.74 Å². The molecule has 1 N–H and O–H groups in total. The number of carboxylic acid groups (broad SMARTS) is 1. The first kappa shape index (κ1) is 11.8. The van der Waals surface area contributed by atoms with E-state index in [4.69, 9.17) is 5.11 Å². The standard InChI is InChI=1S/C10H16O3/c1-4-5-6-7-8-10(2,3)13-9(11)12/h4-6H2,1-3H3,(H,11,12). The molecule has 3 heteroatoms. The summed E-state index contributed by atoms with van der Waals surface area (Å²) in [7, 11) is 0. The Balaban J connectivity index is 3.96. The van der Waals surface area contributed by atoms with Gasteiger partial charge in [0.2, 0.25) is 0 Å². The molecule has 0 aliphatic rings. The van der Waals surface area contributed by atoms with E-state index in [1.54, 1.807) is 13.8 Å². The van der Waals surface area contributed by atoms with Gasteiger partial charge >= 0.3 is 6.16 Å². The Kier molecular flexibility index (Phi) is 4.98. The van der Waals surface area contributed by atoms with E-state index in [9.17, 15) is 4.79 Å². The minimum Gasteiger partial charge on any atom is -0.450 e. The van der Waals surface area contributed by atoms with Crippen LogP contribution < -0.4 is 0 Å². The number of hydrogen-bond acceptors (Lipinski definition) is 2. The fourth-order valence-corrected chi connectivity index (χ4v) is 0.784. The van der Waals surface area contributed by atoms with Gasteiger partial charge in [0.15, 0.2) is 5.60 Å². The van der Waals surface area contributed by atoms with Crippen molar-refractivity contribution in [2.45, 2.75) is 45.6 Å². The highest BCUT2D eigenvalue weighted by Crippen LogP contribution is 2.07. The van der Waals surface area contributed by atoms with Gasteiger partial charge in [-0.1, -0.05) is 25.2 Å². The summed E-state index contributed by atoms with van der Waals surface area (Å²) in [6.07, 6.45) is 1.64. The molecule has 0 rings (SSSR count). The predicted octanol–water partition coefficient (Wildman–Crippen LogP) is 2.65. The number of hydrogen-bond donors (Lipinski definition) is 1. The minimum atomic E-state index is -1.28. The molecule has 0 saturated carbocycles. The predicted molar refractivity (Wildman–Crippen MR) is 50.5 cm³/mol. The summed E-state index contributed by atoms with van der Waals surface area (Å²) < 4.78 is 4.56. The summed E-state index contributed by atoms with van der Waals surface area (Å²) in [5.74, 6) is 5.67. The van der Waals surface area contributed by atoms with Gasteiger partial charge in [-0.15, -0.1) is 0 Å². The molecule has 0 aromatic rings. The molecule has 0 spiro atoms. The maximum absolute atomic E-state index is 10.2. The van der Waals surface area contributed by atoms with Gasteiger partial charge < -0.3 is 9.84 Å². The second-order valence-corrected chi connectivity index (χ2v) is 3.28. The second-order valence-electron chi connectivity index (χ2n) is 3.28. The van der Waals surface area contributed by atoms with Crippen LogP contribution >= 0.6 is 0 Å². The van der Waals surface area contributed by atoms with Crippen LogP contribution in [0.4, 0.5) is 4.79 Å². The SMILES string of the molecule is CCCCC#CC(C)(C)OC(=O)O. The molecule has 0 heterocycles. The third-order valence-electron chi connectivity index (χ3n) is 1.39. The summed E-state index contributed by atoms with van der Waals surface area (Å²) >= 11 is 0. The molecule has 0 fully saturated rings. The molecule has 0 saturated heterocycles. The third kappa shape index (κ3) is 7.20. The zero-order chi connectivity index (χ0) is 10.3. The van der Waals surface area contributed by atoms with E-state index in [0.717, 1.165) is 19.3 Å². The Morgan fingerprint density at radius 2 is 2.15 bits per heavy atom. The van der Waals surface area contributed by atoms with Crippen LogP contribution in [0.2, 0.25) is 0 Å². The normalized spacial score (nSPS) is 10.1. The largest absolute Gasteiger partial charge is 0.507 e. The molecule has 0 amide bonds. The van der Waals surface area contributed by atoms with E-state index in [1.165, 1.54) is 0 Å². The molecular formula is C10H16O3. The van der Waals surface area contributed by atoms with E-state index < -0.39 is 11.8 Å². The summed E-state index contributed by atoms with van der Waals surface area (Å²) in [5.41, 5.74) is -0.889. The van der Waals surface area contributed by atoms with Crippen molar-refractivity contribution in [3.8, 4) is 11.8 Å². The lowest BCUT2D eigenvalue weighted by molar-refractivity contribution is 0.0355. The topological polar surface area (TPSA) is 46.5 Å². The quantitative estimate of drug-likeness (QED) is 0.416. The lowest BCUT2D eigenvalue weighted by Crippen LogP contribution is -2.25. The van der Waals surface area contributed by atoms with Gasteiger partial charge in [-0.3, -0.25) is 0 Å². The van der Waals surface area contributed by atoms with Crippen LogP contribution in [0.3, 0.4) is 0 Å². The Morgan fingerprint density at radius 1 is 1.54 bits per heavy atom. The van der Waals surface area contributed by atoms with Crippen molar-refractivity contribution in [1.82, 2.24) is 0 Å². The van der Waals surface area contributed by atoms with Crippen molar-refractivity contribution >= 4 is 6.16 Å². The van der Waals surface area contributed by atoms with E-state index in [0.29, 0.717) is 0 Å². The van der Waals surface area contributed by atoms with Gasteiger partial charge in [0, 0.05) is 6.42 Å². The summed E-state index contributed by atoms with van der Waals surface area (Å²) in [6, 6.07) is 0. The van der Waals surface area contributed by atoms with E-state index in [1.807, 2.05) is 0 Å². The molecule has 0 bridgehead atoms. The van der Waals surface area contributed by atoms with E-state index >= 15 is 0 Å². The fraction of sp³-hybridized carbons (Fsp3) is 0.700. The zero-order valence-corrected chi connectivity index (χ0v) is 8.39. The van der Waals surface area contributed by atoms with E-state index in [-0.39, 0.29) is 0 Å². The average Bonchev–Trinajstić information content (AvgIpc) is 1.95. The van der Waals surface area contributed by atoms with Gasteiger partial charge in [0.25, 0.3) is 0 Å². The van der Waals surface area contributed by atoms with Gasteiger partial charge in [-0.2, -0.15) is 0 Å². The molecule has 3 nitrogen and oxygen atoms in total. The van der Waals surface area contributed by atoms with Gasteiger partial charge in [-0.05, 0) is 20.3 Å². The first-order valence-electron chi connectivity index (χ1n) is 4.40. The number of carbonyl (C=O) groups is 1. The maximum Gasteiger partial charge on any atom is 0.507 e. The van der Waals surface area contributed by atoms with Crippen LogP contribution in [0.15, 0.2) is 0 Å². The molecule has 0 aliphatic heterocycles. The van der Waals surface area contributed by atoms with Crippen LogP contribution in [0, 0.1) is 11.8 Å². The van der Waals surface area contributed by atoms with Crippen molar-refractivity contribution in [2.24, 2.45) is 0 Å². The number of rotatable bonds is 3. The average molecular weight is 184 g/mol. The summed E-state index contributed by atoms with van der Waals surface area (Å²) in [6.45, 7) is 5.36. The first-order chi connectivity index (χ1) is 5.98. The summed E-state index contributed by atoms with van der Waals surface area (Å²) in [5, 5.41) is 8.36. The number of unbranched alkanes of at least 4 members (excludes halogenated alkanes) is 2. The Bertz CT molecular complexity index is 220. The number of ether oxygens (including phenoxy) is 1. The minimum absolute atomic E-state index is 0.795. The molecule has 74 valence electrons. The van der Waals surface area contributed by atoms with Crippen LogP contribution in [0.25, 0.3) is 0 Å². The van der Waals surface area contributed by atoms with Crippen molar-refractivity contribution in [3.05, 3.63) is 0 Å². The van der Waals surface area contributed by atoms with Crippen LogP contribution in [-0.4, -0.2) is 16.9 Å². The molecular weight excluding hydrogens is 168 g/mol. The second kappa shape index (κ2) is 5.47. The van der Waals surface area contributed by atoms with Crippen molar-refractivity contribution in [3.63, 3.8) is 0 Å². The Hall–Kier alpha value is -1.17. The fourth-order valence-electron chi connectivity index (χ4n) is 0.784. The lowest BCUT2D eigenvalue weighted by Gasteiger charge is -2.15. The van der Waals surface area contributed by atoms with Crippen molar-refractivity contribution in [1.29, 1.82) is 0 Å². The van der Waals surface area contributed by atoms with Gasteiger partial charge in [-0.25, -0.2) is 4.79 Å². The Labute approximate surface area is 79.1 Å². The van der Waals surface area contributed by atoms with Crippen molar-refractivity contribution in [2.75, 3.05) is 0 Å². The monoisotopic (exact) mass is 184 g/mol. The molecule has 0 aromatic carbocycles.